The van der Waals surface area contributed by atoms with E-state index in [4.69, 9.17) is 4.74 Å². The SMILES string of the molecule is COc1ccc(NC(=O)c2cnc(C3CCN(S(=O)(=O)N(C)C)C3)nc2C)cc1. The molecule has 0 aliphatic carbocycles. The Hall–Kier alpha value is -2.56. The maximum absolute atomic E-state index is 12.6. The molecule has 1 N–H and O–H groups in total. The number of nitrogens with zero attached hydrogens (tertiary/aromatic N) is 4. The number of carbonyl (C=O) groups is 1. The molecule has 0 radical (unpaired) electrons. The van der Waals surface area contributed by atoms with Gasteiger partial charge in [0.2, 0.25) is 0 Å². The van der Waals surface area contributed by atoms with Crippen molar-refractivity contribution in [2.75, 3.05) is 39.6 Å². The third kappa shape index (κ3) is 4.55. The summed E-state index contributed by atoms with van der Waals surface area (Å²) < 4.78 is 32.3. The zero-order valence-electron chi connectivity index (χ0n) is 16.9. The van der Waals surface area contributed by atoms with Crippen LogP contribution in [0.5, 0.6) is 5.75 Å². The van der Waals surface area contributed by atoms with Crippen molar-refractivity contribution in [3.63, 3.8) is 0 Å². The van der Waals surface area contributed by atoms with Crippen LogP contribution in [0.2, 0.25) is 0 Å². The molecule has 0 bridgehead atoms. The molecule has 1 aliphatic heterocycles. The van der Waals surface area contributed by atoms with Gasteiger partial charge in [-0.2, -0.15) is 17.0 Å². The van der Waals surface area contributed by atoms with E-state index >= 15 is 0 Å². The van der Waals surface area contributed by atoms with E-state index in [0.717, 1.165) is 0 Å². The van der Waals surface area contributed by atoms with Gasteiger partial charge in [-0.1, -0.05) is 0 Å². The molecule has 2 aromatic rings. The number of nitrogens with one attached hydrogen (secondary N) is 1. The molecule has 0 spiro atoms. The number of hydrogen-bond donors (Lipinski definition) is 1. The number of anilines is 1. The standard InChI is InChI=1S/C19H25N5O4S/c1-13-17(19(25)22-15-5-7-16(28-4)8-6-15)11-20-18(21-13)14-9-10-24(12-14)29(26,27)23(2)3/h5-8,11,14H,9-10,12H2,1-4H3,(H,22,25). The van der Waals surface area contributed by atoms with Crippen LogP contribution in [0.15, 0.2) is 30.5 Å². The van der Waals surface area contributed by atoms with Crippen LogP contribution in [0, 0.1) is 6.92 Å². The van der Waals surface area contributed by atoms with Crippen molar-refractivity contribution >= 4 is 21.8 Å². The number of methoxy groups -OCH3 is 1. The van der Waals surface area contributed by atoms with Gasteiger partial charge in [0.25, 0.3) is 16.1 Å². The number of amides is 1. The molecule has 10 heteroatoms. The van der Waals surface area contributed by atoms with Crippen molar-refractivity contribution in [2.24, 2.45) is 0 Å². The maximum Gasteiger partial charge on any atom is 0.281 e. The Bertz CT molecular complexity index is 992. The molecule has 1 aromatic heterocycles. The summed E-state index contributed by atoms with van der Waals surface area (Å²) in [6.45, 7) is 2.50. The molecule has 1 fully saturated rings. The highest BCUT2D eigenvalue weighted by atomic mass is 32.2. The second-order valence-corrected chi connectivity index (χ2v) is 9.19. The average molecular weight is 420 g/mol. The first kappa shape index (κ1) is 21.2. The normalized spacial score (nSPS) is 17.5. The van der Waals surface area contributed by atoms with E-state index in [9.17, 15) is 13.2 Å². The van der Waals surface area contributed by atoms with Crippen LogP contribution in [0.3, 0.4) is 0 Å². The van der Waals surface area contributed by atoms with E-state index in [1.807, 2.05) is 0 Å². The van der Waals surface area contributed by atoms with Crippen molar-refractivity contribution in [3.8, 4) is 5.75 Å². The highest BCUT2D eigenvalue weighted by molar-refractivity contribution is 7.86. The summed E-state index contributed by atoms with van der Waals surface area (Å²) in [4.78, 5) is 21.4. The Morgan fingerprint density at radius 2 is 1.97 bits per heavy atom. The van der Waals surface area contributed by atoms with Crippen LogP contribution >= 0.6 is 0 Å². The quantitative estimate of drug-likeness (QED) is 0.763. The first-order valence-electron chi connectivity index (χ1n) is 9.19. The van der Waals surface area contributed by atoms with Crippen LogP contribution in [0.25, 0.3) is 0 Å². The predicted molar refractivity (Wildman–Crippen MR) is 109 cm³/mol. The minimum atomic E-state index is -3.45. The van der Waals surface area contributed by atoms with E-state index in [-0.39, 0.29) is 11.8 Å². The minimum Gasteiger partial charge on any atom is -0.497 e. The molecule has 1 amide bonds. The van der Waals surface area contributed by atoms with Gasteiger partial charge in [-0.15, -0.1) is 0 Å². The van der Waals surface area contributed by atoms with E-state index in [0.29, 0.717) is 48.0 Å². The molecular formula is C19H25N5O4S. The molecule has 1 aromatic carbocycles. The monoisotopic (exact) mass is 419 g/mol. The molecular weight excluding hydrogens is 394 g/mol. The largest absolute Gasteiger partial charge is 0.497 e. The Morgan fingerprint density at radius 3 is 2.55 bits per heavy atom. The molecule has 29 heavy (non-hydrogen) atoms. The van der Waals surface area contributed by atoms with E-state index in [2.05, 4.69) is 15.3 Å². The summed E-state index contributed by atoms with van der Waals surface area (Å²) in [5, 5.41) is 2.81. The maximum atomic E-state index is 12.6. The summed E-state index contributed by atoms with van der Waals surface area (Å²) in [6.07, 6.45) is 2.14. The van der Waals surface area contributed by atoms with Crippen molar-refractivity contribution < 1.29 is 17.9 Å². The Labute approximate surface area is 170 Å². The smallest absolute Gasteiger partial charge is 0.281 e. The zero-order valence-corrected chi connectivity index (χ0v) is 17.7. The third-order valence-electron chi connectivity index (χ3n) is 4.89. The fourth-order valence-electron chi connectivity index (χ4n) is 3.16. The van der Waals surface area contributed by atoms with Gasteiger partial charge >= 0.3 is 0 Å². The van der Waals surface area contributed by atoms with Crippen LogP contribution < -0.4 is 10.1 Å². The number of ether oxygens (including phenoxy) is 1. The minimum absolute atomic E-state index is 0.0953. The summed E-state index contributed by atoms with van der Waals surface area (Å²) in [5.74, 6) is 0.860. The van der Waals surface area contributed by atoms with Crippen molar-refractivity contribution in [1.82, 2.24) is 18.6 Å². The summed E-state index contributed by atoms with van der Waals surface area (Å²) in [6, 6.07) is 7.02. The van der Waals surface area contributed by atoms with Crippen molar-refractivity contribution in [3.05, 3.63) is 47.5 Å². The predicted octanol–water partition coefficient (Wildman–Crippen LogP) is 1.64. The lowest BCUT2D eigenvalue weighted by Gasteiger charge is -2.20. The number of aromatic nitrogens is 2. The summed E-state index contributed by atoms with van der Waals surface area (Å²) in [7, 11) is 1.15. The second kappa shape index (κ2) is 8.44. The number of benzene rings is 1. The number of aryl methyl sites for hydroxylation is 1. The van der Waals surface area contributed by atoms with Gasteiger partial charge in [-0.25, -0.2) is 9.97 Å². The van der Waals surface area contributed by atoms with Gasteiger partial charge in [-0.05, 0) is 37.6 Å². The molecule has 2 heterocycles. The lowest BCUT2D eigenvalue weighted by atomic mass is 10.1. The van der Waals surface area contributed by atoms with E-state index < -0.39 is 10.2 Å². The number of rotatable bonds is 6. The molecule has 0 saturated carbocycles. The lowest BCUT2D eigenvalue weighted by molar-refractivity contribution is 0.102. The highest BCUT2D eigenvalue weighted by Gasteiger charge is 2.34. The first-order valence-corrected chi connectivity index (χ1v) is 10.6. The lowest BCUT2D eigenvalue weighted by Crippen LogP contribution is -2.38. The Balaban J connectivity index is 1.71. The van der Waals surface area contributed by atoms with Crippen molar-refractivity contribution in [2.45, 2.75) is 19.3 Å². The fraction of sp³-hybridized carbons (Fsp3) is 0.421. The van der Waals surface area contributed by atoms with Gasteiger partial charge in [0.05, 0.1) is 18.4 Å². The molecule has 1 aliphatic rings. The molecule has 3 rings (SSSR count). The number of carbonyl (C=O) groups excluding carboxylic acids is 1. The van der Waals surface area contributed by atoms with Gasteiger partial charge < -0.3 is 10.1 Å². The third-order valence-corrected chi connectivity index (χ3v) is 6.80. The Morgan fingerprint density at radius 1 is 1.28 bits per heavy atom. The van der Waals surface area contributed by atoms with E-state index in [1.54, 1.807) is 38.3 Å². The van der Waals surface area contributed by atoms with Crippen LogP contribution in [-0.4, -0.2) is 67.2 Å². The van der Waals surface area contributed by atoms with Crippen molar-refractivity contribution in [1.29, 1.82) is 0 Å². The van der Waals surface area contributed by atoms with E-state index in [1.165, 1.54) is 28.9 Å². The Kier molecular flexibility index (Phi) is 6.15. The van der Waals surface area contributed by atoms with Gasteiger partial charge in [0, 0.05) is 45.0 Å². The van der Waals surface area contributed by atoms with Crippen LogP contribution in [-0.2, 0) is 10.2 Å². The van der Waals surface area contributed by atoms with Crippen LogP contribution in [0.4, 0.5) is 5.69 Å². The molecule has 1 saturated heterocycles. The first-order chi connectivity index (χ1) is 13.7. The fourth-order valence-corrected chi connectivity index (χ4v) is 4.32. The number of hydrogen-bond acceptors (Lipinski definition) is 6. The summed E-state index contributed by atoms with van der Waals surface area (Å²) in [5.41, 5.74) is 1.56. The molecule has 156 valence electrons. The molecule has 1 atom stereocenters. The second-order valence-electron chi connectivity index (χ2n) is 7.04. The van der Waals surface area contributed by atoms with Gasteiger partial charge in [-0.3, -0.25) is 4.79 Å². The summed E-state index contributed by atoms with van der Waals surface area (Å²) >= 11 is 0. The molecule has 9 nitrogen and oxygen atoms in total. The molecule has 1 unspecified atom stereocenters. The zero-order chi connectivity index (χ0) is 21.2. The van der Waals surface area contributed by atoms with Gasteiger partial charge in [0.1, 0.15) is 11.6 Å². The topological polar surface area (TPSA) is 105 Å². The van der Waals surface area contributed by atoms with Gasteiger partial charge in [0.15, 0.2) is 0 Å². The average Bonchev–Trinajstić information content (AvgIpc) is 3.19. The highest BCUT2D eigenvalue weighted by Crippen LogP contribution is 2.27. The van der Waals surface area contributed by atoms with Crippen LogP contribution in [0.1, 0.15) is 34.2 Å².